The van der Waals surface area contributed by atoms with Crippen LogP contribution in [-0.2, 0) is 29.6 Å². The molecule has 0 aliphatic carbocycles. The van der Waals surface area contributed by atoms with Gasteiger partial charge in [0.1, 0.15) is 0 Å². The van der Waals surface area contributed by atoms with Gasteiger partial charge in [-0.05, 0) is 53.1 Å². The number of ether oxygens (including phenoxy) is 1. The van der Waals surface area contributed by atoms with Crippen molar-refractivity contribution >= 4 is 0 Å². The van der Waals surface area contributed by atoms with E-state index >= 15 is 0 Å². The zero-order valence-electron chi connectivity index (χ0n) is 23.7. The summed E-state index contributed by atoms with van der Waals surface area (Å²) in [7, 11) is 1.72. The molecule has 0 amide bonds. The predicted molar refractivity (Wildman–Crippen MR) is 167 cm³/mol. The molecule has 3 aromatic carbocycles. The zero-order valence-corrected chi connectivity index (χ0v) is 23.7. The van der Waals surface area contributed by atoms with Crippen molar-refractivity contribution in [1.29, 1.82) is 0 Å². The van der Waals surface area contributed by atoms with Crippen molar-refractivity contribution in [3.05, 3.63) is 196 Å². The molecule has 0 bridgehead atoms. The molecule has 4 nitrogen and oxygen atoms in total. The fourth-order valence-electron chi connectivity index (χ4n) is 5.44. The van der Waals surface area contributed by atoms with Gasteiger partial charge in [-0.15, -0.1) is 0 Å². The third-order valence-corrected chi connectivity index (χ3v) is 7.49. The van der Waals surface area contributed by atoms with Gasteiger partial charge in [-0.1, -0.05) is 109 Å². The first-order chi connectivity index (χ1) is 20.7. The molecule has 206 valence electrons. The highest BCUT2D eigenvalue weighted by atomic mass is 16.5. The van der Waals surface area contributed by atoms with Gasteiger partial charge in [-0.3, -0.25) is 15.0 Å². The van der Waals surface area contributed by atoms with E-state index in [9.17, 15) is 0 Å². The van der Waals surface area contributed by atoms with Gasteiger partial charge < -0.3 is 4.74 Å². The smallest absolute Gasteiger partial charge is 0.193 e. The largest absolute Gasteiger partial charge is 0.359 e. The highest BCUT2D eigenvalue weighted by molar-refractivity contribution is 5.42. The van der Waals surface area contributed by atoms with Crippen LogP contribution in [0.15, 0.2) is 146 Å². The van der Waals surface area contributed by atoms with Crippen LogP contribution in [0.5, 0.6) is 0 Å². The van der Waals surface area contributed by atoms with Crippen molar-refractivity contribution < 1.29 is 4.74 Å². The van der Waals surface area contributed by atoms with Gasteiger partial charge >= 0.3 is 0 Å². The lowest BCUT2D eigenvalue weighted by Gasteiger charge is -2.32. The number of aromatic nitrogens is 3. The number of methoxy groups -OCH3 is 1. The Labute approximate surface area is 247 Å². The van der Waals surface area contributed by atoms with Crippen LogP contribution in [0.3, 0.4) is 0 Å². The number of rotatable bonds is 10. The third kappa shape index (κ3) is 6.04. The van der Waals surface area contributed by atoms with Crippen LogP contribution in [0.2, 0.25) is 0 Å². The van der Waals surface area contributed by atoms with Gasteiger partial charge in [-0.2, -0.15) is 0 Å². The second-order valence-electron chi connectivity index (χ2n) is 10.4. The van der Waals surface area contributed by atoms with Crippen LogP contribution in [-0.4, -0.2) is 22.1 Å². The summed E-state index contributed by atoms with van der Waals surface area (Å²) in [4.78, 5) is 15.6. The van der Waals surface area contributed by atoms with Crippen LogP contribution in [0, 0.1) is 0 Å². The molecule has 3 heterocycles. The van der Waals surface area contributed by atoms with Gasteiger partial charge in [-0.25, -0.2) is 0 Å². The van der Waals surface area contributed by atoms with Gasteiger partial charge in [0.25, 0.3) is 0 Å². The lowest BCUT2D eigenvalue weighted by atomic mass is 9.88. The molecule has 0 saturated heterocycles. The molecule has 0 unspecified atom stereocenters. The maximum absolute atomic E-state index is 6.52. The summed E-state index contributed by atoms with van der Waals surface area (Å²) in [5.41, 5.74) is 7.66. The summed E-state index contributed by atoms with van der Waals surface area (Å²) in [6.07, 6.45) is 2.16. The van der Waals surface area contributed by atoms with Crippen LogP contribution in [0.1, 0.15) is 50.9 Å². The quantitative estimate of drug-likeness (QED) is 0.177. The summed E-state index contributed by atoms with van der Waals surface area (Å²) in [5, 5.41) is 0. The summed E-state index contributed by atoms with van der Waals surface area (Å²) in [5.74, 6) is 0. The molecule has 6 aromatic rings. The molecule has 0 fully saturated rings. The molecule has 6 rings (SSSR count). The Morgan fingerprint density at radius 1 is 0.405 bits per heavy atom. The van der Waals surface area contributed by atoms with E-state index in [0.717, 1.165) is 53.4 Å². The minimum atomic E-state index is -1.11. The predicted octanol–water partition coefficient (Wildman–Crippen LogP) is 7.58. The Hall–Kier alpha value is -4.93. The number of pyridine rings is 3. The van der Waals surface area contributed by atoms with E-state index in [1.807, 2.05) is 36.4 Å². The Kier molecular flexibility index (Phi) is 8.25. The second kappa shape index (κ2) is 12.7. The van der Waals surface area contributed by atoms with Gasteiger partial charge in [0.15, 0.2) is 5.60 Å². The van der Waals surface area contributed by atoms with E-state index in [4.69, 9.17) is 19.7 Å². The van der Waals surface area contributed by atoms with Crippen molar-refractivity contribution in [1.82, 2.24) is 15.0 Å². The maximum atomic E-state index is 6.52. The average molecular weight is 548 g/mol. The van der Waals surface area contributed by atoms with E-state index in [-0.39, 0.29) is 0 Å². The molecule has 4 heteroatoms. The Morgan fingerprint density at radius 2 is 0.714 bits per heavy atom. The Balaban J connectivity index is 1.47. The lowest BCUT2D eigenvalue weighted by molar-refractivity contribution is 0.0470. The third-order valence-electron chi connectivity index (χ3n) is 7.49. The summed E-state index contributed by atoms with van der Waals surface area (Å²) in [6.45, 7) is 0. The topological polar surface area (TPSA) is 47.9 Å². The SMILES string of the molecule is COC(c1cccc(Cc2ccccc2)n1)(c1cccc(Cc2ccccc2)n1)c1cccc(Cc2ccccc2)n1. The molecule has 42 heavy (non-hydrogen) atoms. The number of benzene rings is 3. The van der Waals surface area contributed by atoms with Crippen LogP contribution < -0.4 is 0 Å². The van der Waals surface area contributed by atoms with Crippen molar-refractivity contribution in [2.45, 2.75) is 24.9 Å². The van der Waals surface area contributed by atoms with Gasteiger partial charge in [0.2, 0.25) is 0 Å². The van der Waals surface area contributed by atoms with E-state index in [2.05, 4.69) is 109 Å². The Bertz CT molecular complexity index is 1530. The standard InChI is InChI=1S/C38H33N3O/c1-42-38(35-23-11-20-32(39-35)26-29-14-5-2-6-15-29,36-24-12-21-33(40-36)27-30-16-7-3-8-17-30)37-25-13-22-34(41-37)28-31-18-9-4-10-19-31/h2-25H,26-28H2,1H3. The summed E-state index contributed by atoms with van der Waals surface area (Å²) >= 11 is 0. The van der Waals surface area contributed by atoms with E-state index in [1.54, 1.807) is 7.11 Å². The highest BCUT2D eigenvalue weighted by Gasteiger charge is 2.41. The van der Waals surface area contributed by atoms with Crippen LogP contribution in [0.4, 0.5) is 0 Å². The fourth-order valence-corrected chi connectivity index (χ4v) is 5.44. The second-order valence-corrected chi connectivity index (χ2v) is 10.4. The van der Waals surface area contributed by atoms with Gasteiger partial charge in [0.05, 0.1) is 17.1 Å². The van der Waals surface area contributed by atoms with E-state index in [1.165, 1.54) is 16.7 Å². The summed E-state index contributed by atoms with van der Waals surface area (Å²) in [6, 6.07) is 49.6. The van der Waals surface area contributed by atoms with Crippen molar-refractivity contribution in [3.63, 3.8) is 0 Å². The molecule has 0 aliphatic rings. The average Bonchev–Trinajstić information content (AvgIpc) is 3.04. The number of hydrogen-bond acceptors (Lipinski definition) is 4. The minimum absolute atomic E-state index is 0.720. The lowest BCUT2D eigenvalue weighted by Crippen LogP contribution is -2.35. The molecule has 0 aliphatic heterocycles. The molecule has 0 N–H and O–H groups in total. The summed E-state index contributed by atoms with van der Waals surface area (Å²) < 4.78 is 6.52. The van der Waals surface area contributed by atoms with E-state index < -0.39 is 5.60 Å². The maximum Gasteiger partial charge on any atom is 0.193 e. The molecule has 0 atom stereocenters. The fraction of sp³-hybridized carbons (Fsp3) is 0.132. The highest BCUT2D eigenvalue weighted by Crippen LogP contribution is 2.38. The Morgan fingerprint density at radius 3 is 1.00 bits per heavy atom. The molecule has 0 radical (unpaired) electrons. The minimum Gasteiger partial charge on any atom is -0.359 e. The van der Waals surface area contributed by atoms with Crippen molar-refractivity contribution in [2.24, 2.45) is 0 Å². The van der Waals surface area contributed by atoms with Crippen LogP contribution >= 0.6 is 0 Å². The monoisotopic (exact) mass is 547 g/mol. The number of nitrogens with zero attached hydrogens (tertiary/aromatic N) is 3. The number of hydrogen-bond donors (Lipinski definition) is 0. The van der Waals surface area contributed by atoms with Gasteiger partial charge in [0, 0.05) is 43.5 Å². The van der Waals surface area contributed by atoms with Crippen LogP contribution in [0.25, 0.3) is 0 Å². The van der Waals surface area contributed by atoms with Crippen molar-refractivity contribution in [3.8, 4) is 0 Å². The molecule has 0 spiro atoms. The van der Waals surface area contributed by atoms with Crippen molar-refractivity contribution in [2.75, 3.05) is 7.11 Å². The molecular formula is C38H33N3O. The molecule has 3 aromatic heterocycles. The zero-order chi connectivity index (χ0) is 28.6. The van der Waals surface area contributed by atoms with E-state index in [0.29, 0.717) is 0 Å². The normalized spacial score (nSPS) is 11.4. The molecule has 0 saturated carbocycles. The first-order valence-electron chi connectivity index (χ1n) is 14.3. The first-order valence-corrected chi connectivity index (χ1v) is 14.3. The first kappa shape index (κ1) is 27.3. The molecular weight excluding hydrogens is 514 g/mol.